The van der Waals surface area contributed by atoms with E-state index in [-0.39, 0.29) is 90.5 Å². The molecule has 11 heteroatoms. The highest BCUT2D eigenvalue weighted by Gasteiger charge is 2.48. The van der Waals surface area contributed by atoms with Gasteiger partial charge in [0.15, 0.2) is 17.9 Å². The lowest BCUT2D eigenvalue weighted by Gasteiger charge is -2.38. The van der Waals surface area contributed by atoms with E-state index >= 15 is 0 Å². The molecule has 206 valence electrons. The molecule has 0 aromatic heterocycles. The van der Waals surface area contributed by atoms with Crippen molar-refractivity contribution < 1.29 is 53.5 Å². The van der Waals surface area contributed by atoms with Gasteiger partial charge in [0.2, 0.25) is 0 Å². The number of aliphatic hydroxyl groups excluding tert-OH is 4. The standard InChI is InChI=1S/C18H32O9.4CH4.2FH/c19-8-13-2-1-3-16(24-13)27-18(7-5-15(10-21)26-18)12-23-17(11-22)6-4-14(9-20)25-17;;;;;;/h13-16,19-22H,1-12H2;4*1H4;2*1H. The molecule has 0 aliphatic carbocycles. The molecule has 0 aromatic carbocycles. The van der Waals surface area contributed by atoms with Crippen LogP contribution in [0.4, 0.5) is 9.41 Å². The lowest BCUT2D eigenvalue weighted by molar-refractivity contribution is -0.356. The van der Waals surface area contributed by atoms with Gasteiger partial charge in [-0.1, -0.05) is 29.7 Å². The number of aliphatic hydroxyl groups is 4. The SMILES string of the molecule is C.C.C.C.F.F.OCC1CCCC(OC2(COC3(CO)CCC(CO)O3)CCC(CO)O2)O1. The maximum atomic E-state index is 9.77. The maximum Gasteiger partial charge on any atom is 0.195 e. The first kappa shape index (κ1) is 39.7. The predicted octanol–water partition coefficient (Wildman–Crippen LogP) is 2.48. The van der Waals surface area contributed by atoms with Crippen LogP contribution < -0.4 is 0 Å². The van der Waals surface area contributed by atoms with Crippen LogP contribution in [0.25, 0.3) is 0 Å². The highest BCUT2D eigenvalue weighted by atomic mass is 19.0. The van der Waals surface area contributed by atoms with Crippen LogP contribution in [0.15, 0.2) is 0 Å². The maximum absolute atomic E-state index is 9.77. The van der Waals surface area contributed by atoms with E-state index < -0.39 is 17.9 Å². The summed E-state index contributed by atoms with van der Waals surface area (Å²) < 4.78 is 29.4. The summed E-state index contributed by atoms with van der Waals surface area (Å²) >= 11 is 0. The molecule has 4 N–H and O–H groups in total. The van der Waals surface area contributed by atoms with E-state index in [4.69, 9.17) is 23.7 Å². The van der Waals surface area contributed by atoms with Crippen molar-refractivity contribution in [2.75, 3.05) is 33.0 Å². The van der Waals surface area contributed by atoms with Gasteiger partial charge in [-0.15, -0.1) is 0 Å². The summed E-state index contributed by atoms with van der Waals surface area (Å²) in [5.74, 6) is -2.30. The molecule has 3 heterocycles. The summed E-state index contributed by atoms with van der Waals surface area (Å²) in [4.78, 5) is 0. The van der Waals surface area contributed by atoms with E-state index in [2.05, 4.69) is 0 Å². The topological polar surface area (TPSA) is 127 Å². The minimum atomic E-state index is -1.19. The van der Waals surface area contributed by atoms with Crippen molar-refractivity contribution in [3.63, 3.8) is 0 Å². The normalized spacial score (nSPS) is 34.9. The monoisotopic (exact) mass is 496 g/mol. The second-order valence-corrected chi connectivity index (χ2v) is 7.61. The Morgan fingerprint density at radius 1 is 0.697 bits per heavy atom. The zero-order valence-corrected chi connectivity index (χ0v) is 16.4. The molecule has 3 saturated heterocycles. The van der Waals surface area contributed by atoms with E-state index in [1.165, 1.54) is 0 Å². The van der Waals surface area contributed by atoms with Gasteiger partial charge in [0, 0.05) is 12.8 Å². The quantitative estimate of drug-likeness (QED) is 0.381. The average Bonchev–Trinajstić information content (AvgIpc) is 3.32. The van der Waals surface area contributed by atoms with E-state index in [0.29, 0.717) is 32.1 Å². The molecule has 6 unspecified atom stereocenters. The molecule has 0 bridgehead atoms. The molecule has 0 spiro atoms. The van der Waals surface area contributed by atoms with Crippen molar-refractivity contribution >= 4 is 0 Å². The smallest absolute Gasteiger partial charge is 0.195 e. The Morgan fingerprint density at radius 2 is 1.21 bits per heavy atom. The molecule has 6 atom stereocenters. The Labute approximate surface area is 198 Å². The molecule has 3 rings (SSSR count). The largest absolute Gasteiger partial charge is 0.394 e. The number of halogens is 2. The molecular formula is C22H50F2O9. The summed E-state index contributed by atoms with van der Waals surface area (Å²) in [5.41, 5.74) is 0. The first-order valence-corrected chi connectivity index (χ1v) is 9.82. The van der Waals surface area contributed by atoms with Crippen molar-refractivity contribution in [3.05, 3.63) is 0 Å². The summed E-state index contributed by atoms with van der Waals surface area (Å²) in [6.45, 7) is -0.646. The van der Waals surface area contributed by atoms with Gasteiger partial charge in [0.25, 0.3) is 0 Å². The third kappa shape index (κ3) is 9.95. The molecule has 3 aliphatic heterocycles. The Balaban J connectivity index is -0.000000701. The molecule has 0 saturated carbocycles. The van der Waals surface area contributed by atoms with Crippen LogP contribution in [0.5, 0.6) is 0 Å². The molecule has 3 fully saturated rings. The van der Waals surface area contributed by atoms with Gasteiger partial charge in [0.05, 0.1) is 44.7 Å². The van der Waals surface area contributed by atoms with Gasteiger partial charge in [-0.3, -0.25) is 9.41 Å². The summed E-state index contributed by atoms with van der Waals surface area (Å²) in [7, 11) is 0. The van der Waals surface area contributed by atoms with Gasteiger partial charge in [-0.05, 0) is 32.1 Å². The Bertz CT molecular complexity index is 477. The van der Waals surface area contributed by atoms with Crippen molar-refractivity contribution in [2.45, 2.75) is 111 Å². The predicted molar refractivity (Wildman–Crippen MR) is 123 cm³/mol. The zero-order valence-electron chi connectivity index (χ0n) is 16.4. The van der Waals surface area contributed by atoms with Crippen LogP contribution in [0.1, 0.15) is 74.7 Å². The van der Waals surface area contributed by atoms with Gasteiger partial charge in [-0.25, -0.2) is 0 Å². The molecule has 0 amide bonds. The fraction of sp³-hybridized carbons (Fsp3) is 1.00. The number of hydrogen-bond acceptors (Lipinski definition) is 9. The van der Waals surface area contributed by atoms with E-state index in [9.17, 15) is 20.4 Å². The zero-order chi connectivity index (χ0) is 19.3. The Morgan fingerprint density at radius 3 is 1.70 bits per heavy atom. The van der Waals surface area contributed by atoms with Crippen molar-refractivity contribution in [1.29, 1.82) is 0 Å². The van der Waals surface area contributed by atoms with Gasteiger partial charge < -0.3 is 44.1 Å². The van der Waals surface area contributed by atoms with E-state index in [1.54, 1.807) is 0 Å². The lowest BCUT2D eigenvalue weighted by Crippen LogP contribution is -2.48. The van der Waals surface area contributed by atoms with Crippen LogP contribution in [-0.2, 0) is 23.7 Å². The fourth-order valence-corrected chi connectivity index (χ4v) is 3.92. The number of ether oxygens (including phenoxy) is 5. The number of rotatable bonds is 9. The van der Waals surface area contributed by atoms with Crippen molar-refractivity contribution in [3.8, 4) is 0 Å². The molecule has 33 heavy (non-hydrogen) atoms. The number of hydrogen-bond donors (Lipinski definition) is 4. The average molecular weight is 497 g/mol. The third-order valence-electron chi connectivity index (χ3n) is 5.52. The van der Waals surface area contributed by atoms with Crippen molar-refractivity contribution in [1.82, 2.24) is 0 Å². The minimum absolute atomic E-state index is 0. The van der Waals surface area contributed by atoms with Crippen molar-refractivity contribution in [2.24, 2.45) is 0 Å². The molecule has 0 radical (unpaired) electrons. The summed E-state index contributed by atoms with van der Waals surface area (Å²) in [6, 6.07) is 0. The van der Waals surface area contributed by atoms with Crippen LogP contribution in [-0.4, -0.2) is 89.6 Å². The molecule has 9 nitrogen and oxygen atoms in total. The molecule has 3 aliphatic rings. The molecular weight excluding hydrogens is 446 g/mol. The first-order chi connectivity index (χ1) is 13.1. The van der Waals surface area contributed by atoms with Gasteiger partial charge in [0.1, 0.15) is 6.61 Å². The second-order valence-electron chi connectivity index (χ2n) is 7.61. The van der Waals surface area contributed by atoms with Crippen LogP contribution in [0.2, 0.25) is 0 Å². The summed E-state index contributed by atoms with van der Waals surface area (Å²) in [5, 5.41) is 37.8. The minimum Gasteiger partial charge on any atom is -0.394 e. The van der Waals surface area contributed by atoms with Crippen LogP contribution in [0.3, 0.4) is 0 Å². The summed E-state index contributed by atoms with van der Waals surface area (Å²) in [6.07, 6.45) is 2.99. The first-order valence-electron chi connectivity index (χ1n) is 9.82. The Kier molecular flexibility index (Phi) is 21.5. The lowest BCUT2D eigenvalue weighted by atomic mass is 10.1. The highest BCUT2D eigenvalue weighted by Crippen LogP contribution is 2.38. The second kappa shape index (κ2) is 17.9. The van der Waals surface area contributed by atoms with E-state index in [0.717, 1.165) is 12.8 Å². The fourth-order valence-electron chi connectivity index (χ4n) is 3.92. The third-order valence-corrected chi connectivity index (χ3v) is 5.52. The van der Waals surface area contributed by atoms with Gasteiger partial charge >= 0.3 is 0 Å². The highest BCUT2D eigenvalue weighted by molar-refractivity contribution is 4.86. The van der Waals surface area contributed by atoms with Crippen LogP contribution >= 0.6 is 0 Å². The molecule has 0 aromatic rings. The van der Waals surface area contributed by atoms with Gasteiger partial charge in [-0.2, -0.15) is 0 Å². The van der Waals surface area contributed by atoms with E-state index in [1.807, 2.05) is 0 Å². The van der Waals surface area contributed by atoms with Crippen LogP contribution in [0, 0.1) is 0 Å². The Hall–Kier alpha value is -0.500.